The van der Waals surface area contributed by atoms with Gasteiger partial charge in [-0.05, 0) is 44.1 Å². The first kappa shape index (κ1) is 14.1. The van der Waals surface area contributed by atoms with Crippen LogP contribution in [0.2, 0.25) is 0 Å². The van der Waals surface area contributed by atoms with Crippen LogP contribution in [0, 0.1) is 0 Å². The molecular weight excluding hydrogens is 236 g/mol. The highest BCUT2D eigenvalue weighted by atomic mass is 16.2. The van der Waals surface area contributed by atoms with E-state index < -0.39 is 0 Å². The standard InChI is InChI=1S/C16H24N2O/c1-12(16(19)17-2)18-15-10-8-14(9-11-15)13-6-4-3-5-7-13/h3-7,12,14-15,18H,8-11H2,1-2H3,(H,17,19). The molecule has 0 aromatic heterocycles. The lowest BCUT2D eigenvalue weighted by Crippen LogP contribution is -2.46. The second kappa shape index (κ2) is 6.71. The summed E-state index contributed by atoms with van der Waals surface area (Å²) in [5.41, 5.74) is 1.46. The normalized spacial score (nSPS) is 24.7. The van der Waals surface area contributed by atoms with Gasteiger partial charge in [0.2, 0.25) is 5.91 Å². The Morgan fingerprint density at radius 3 is 2.37 bits per heavy atom. The third kappa shape index (κ3) is 3.80. The van der Waals surface area contributed by atoms with E-state index in [1.165, 1.54) is 18.4 Å². The Bertz CT molecular complexity index is 396. The van der Waals surface area contributed by atoms with Gasteiger partial charge in [0, 0.05) is 13.1 Å². The van der Waals surface area contributed by atoms with Crippen LogP contribution in [-0.4, -0.2) is 25.0 Å². The van der Waals surface area contributed by atoms with Gasteiger partial charge in [-0.15, -0.1) is 0 Å². The van der Waals surface area contributed by atoms with Crippen LogP contribution in [0.1, 0.15) is 44.1 Å². The largest absolute Gasteiger partial charge is 0.358 e. The summed E-state index contributed by atoms with van der Waals surface area (Å²) < 4.78 is 0. The molecule has 1 aliphatic rings. The third-order valence-corrected chi connectivity index (χ3v) is 4.12. The van der Waals surface area contributed by atoms with Gasteiger partial charge < -0.3 is 10.6 Å². The van der Waals surface area contributed by atoms with Gasteiger partial charge in [-0.2, -0.15) is 0 Å². The van der Waals surface area contributed by atoms with E-state index in [2.05, 4.69) is 41.0 Å². The van der Waals surface area contributed by atoms with Crippen molar-refractivity contribution >= 4 is 5.91 Å². The van der Waals surface area contributed by atoms with Crippen molar-refractivity contribution in [3.05, 3.63) is 35.9 Å². The second-order valence-electron chi connectivity index (χ2n) is 5.46. The van der Waals surface area contributed by atoms with Crippen LogP contribution in [0.15, 0.2) is 30.3 Å². The second-order valence-corrected chi connectivity index (χ2v) is 5.46. The van der Waals surface area contributed by atoms with E-state index in [1.54, 1.807) is 7.05 Å². The monoisotopic (exact) mass is 260 g/mol. The number of amides is 1. The van der Waals surface area contributed by atoms with Crippen LogP contribution >= 0.6 is 0 Å². The minimum atomic E-state index is -0.0942. The zero-order valence-electron chi connectivity index (χ0n) is 11.9. The molecule has 2 N–H and O–H groups in total. The summed E-state index contributed by atoms with van der Waals surface area (Å²) in [5.74, 6) is 0.764. The van der Waals surface area contributed by atoms with Crippen LogP contribution in [0.3, 0.4) is 0 Å². The van der Waals surface area contributed by atoms with Gasteiger partial charge in [0.15, 0.2) is 0 Å². The summed E-state index contributed by atoms with van der Waals surface area (Å²) in [4.78, 5) is 11.5. The smallest absolute Gasteiger partial charge is 0.236 e. The first-order valence-corrected chi connectivity index (χ1v) is 7.23. The Balaban J connectivity index is 1.81. The highest BCUT2D eigenvalue weighted by molar-refractivity contribution is 5.80. The zero-order valence-corrected chi connectivity index (χ0v) is 11.9. The fourth-order valence-corrected chi connectivity index (χ4v) is 2.96. The van der Waals surface area contributed by atoms with E-state index in [9.17, 15) is 4.79 Å². The molecule has 1 atom stereocenters. The fraction of sp³-hybridized carbons (Fsp3) is 0.562. The van der Waals surface area contributed by atoms with Gasteiger partial charge in [0.1, 0.15) is 0 Å². The Kier molecular flexibility index (Phi) is 4.97. The minimum absolute atomic E-state index is 0.0742. The Morgan fingerprint density at radius 1 is 1.16 bits per heavy atom. The maximum atomic E-state index is 11.5. The molecule has 2 rings (SSSR count). The highest BCUT2D eigenvalue weighted by Crippen LogP contribution is 2.32. The molecular formula is C16H24N2O. The van der Waals surface area contributed by atoms with Gasteiger partial charge in [-0.25, -0.2) is 0 Å². The van der Waals surface area contributed by atoms with Crippen LogP contribution < -0.4 is 10.6 Å². The van der Waals surface area contributed by atoms with E-state index in [4.69, 9.17) is 0 Å². The lowest BCUT2D eigenvalue weighted by atomic mass is 9.81. The van der Waals surface area contributed by atoms with Gasteiger partial charge in [-0.1, -0.05) is 30.3 Å². The molecule has 104 valence electrons. The van der Waals surface area contributed by atoms with Gasteiger partial charge in [0.25, 0.3) is 0 Å². The van der Waals surface area contributed by atoms with Gasteiger partial charge in [-0.3, -0.25) is 4.79 Å². The quantitative estimate of drug-likeness (QED) is 0.873. The van der Waals surface area contributed by atoms with Crippen molar-refractivity contribution in [1.82, 2.24) is 10.6 Å². The number of hydrogen-bond donors (Lipinski definition) is 2. The summed E-state index contributed by atoms with van der Waals surface area (Å²) in [7, 11) is 1.69. The number of carbonyl (C=O) groups excluding carboxylic acids is 1. The first-order valence-electron chi connectivity index (χ1n) is 7.23. The summed E-state index contributed by atoms with van der Waals surface area (Å²) in [5, 5.41) is 6.12. The average Bonchev–Trinajstić information content (AvgIpc) is 2.48. The molecule has 0 spiro atoms. The lowest BCUT2D eigenvalue weighted by molar-refractivity contribution is -0.122. The van der Waals surface area contributed by atoms with Crippen molar-refractivity contribution in [3.63, 3.8) is 0 Å². The molecule has 1 aromatic rings. The zero-order chi connectivity index (χ0) is 13.7. The lowest BCUT2D eigenvalue weighted by Gasteiger charge is -2.31. The van der Waals surface area contributed by atoms with Crippen LogP contribution in [0.5, 0.6) is 0 Å². The number of carbonyl (C=O) groups is 1. The summed E-state index contributed by atoms with van der Waals surface area (Å²) >= 11 is 0. The predicted octanol–water partition coefficient (Wildman–Crippen LogP) is 2.44. The molecule has 1 amide bonds. The van der Waals surface area contributed by atoms with Crippen LogP contribution in [-0.2, 0) is 4.79 Å². The fourth-order valence-electron chi connectivity index (χ4n) is 2.96. The Hall–Kier alpha value is -1.35. The molecule has 19 heavy (non-hydrogen) atoms. The minimum Gasteiger partial charge on any atom is -0.358 e. The number of rotatable bonds is 4. The van der Waals surface area contributed by atoms with E-state index >= 15 is 0 Å². The van der Waals surface area contributed by atoms with Crippen molar-refractivity contribution in [3.8, 4) is 0 Å². The van der Waals surface area contributed by atoms with E-state index in [-0.39, 0.29) is 11.9 Å². The van der Waals surface area contributed by atoms with Gasteiger partial charge in [0.05, 0.1) is 6.04 Å². The predicted molar refractivity (Wildman–Crippen MR) is 78.1 cm³/mol. The Morgan fingerprint density at radius 2 is 1.79 bits per heavy atom. The number of hydrogen-bond acceptors (Lipinski definition) is 2. The molecule has 3 nitrogen and oxygen atoms in total. The van der Waals surface area contributed by atoms with E-state index in [0.29, 0.717) is 12.0 Å². The molecule has 1 aliphatic carbocycles. The number of benzene rings is 1. The summed E-state index contributed by atoms with van der Waals surface area (Å²) in [6, 6.07) is 11.1. The van der Waals surface area contributed by atoms with Crippen molar-refractivity contribution in [2.75, 3.05) is 7.05 Å². The van der Waals surface area contributed by atoms with E-state index in [1.807, 2.05) is 6.92 Å². The molecule has 0 aliphatic heterocycles. The summed E-state index contributed by atoms with van der Waals surface area (Å²) in [6.45, 7) is 1.93. The highest BCUT2D eigenvalue weighted by Gasteiger charge is 2.24. The summed E-state index contributed by atoms with van der Waals surface area (Å²) in [6.07, 6.45) is 4.73. The van der Waals surface area contributed by atoms with Crippen molar-refractivity contribution < 1.29 is 4.79 Å². The van der Waals surface area contributed by atoms with E-state index in [0.717, 1.165) is 12.8 Å². The Labute approximate surface area is 115 Å². The molecule has 0 heterocycles. The maximum Gasteiger partial charge on any atom is 0.236 e. The first-order chi connectivity index (χ1) is 9.20. The van der Waals surface area contributed by atoms with Crippen molar-refractivity contribution in [2.24, 2.45) is 0 Å². The topological polar surface area (TPSA) is 41.1 Å². The number of likely N-dealkylation sites (N-methyl/N-ethyl adjacent to an activating group) is 1. The molecule has 0 saturated heterocycles. The SMILES string of the molecule is CNC(=O)C(C)NC1CCC(c2ccccc2)CC1. The van der Waals surface area contributed by atoms with Gasteiger partial charge >= 0.3 is 0 Å². The molecule has 1 unspecified atom stereocenters. The molecule has 0 radical (unpaired) electrons. The van der Waals surface area contributed by atoms with Crippen molar-refractivity contribution in [1.29, 1.82) is 0 Å². The van der Waals surface area contributed by atoms with Crippen LogP contribution in [0.4, 0.5) is 0 Å². The van der Waals surface area contributed by atoms with Crippen molar-refractivity contribution in [2.45, 2.75) is 50.6 Å². The molecule has 3 heteroatoms. The number of nitrogens with one attached hydrogen (secondary N) is 2. The van der Waals surface area contributed by atoms with Crippen LogP contribution in [0.25, 0.3) is 0 Å². The molecule has 1 fully saturated rings. The average molecular weight is 260 g/mol. The molecule has 1 aromatic carbocycles. The molecule has 1 saturated carbocycles. The molecule has 0 bridgehead atoms. The maximum absolute atomic E-state index is 11.5. The third-order valence-electron chi connectivity index (χ3n) is 4.12.